The number of rotatable bonds is 4. The highest BCUT2D eigenvalue weighted by Gasteiger charge is 2.33. The van der Waals surface area contributed by atoms with Crippen LogP contribution in [0.15, 0.2) is 75.7 Å². The fourth-order valence-electron chi connectivity index (χ4n) is 3.59. The van der Waals surface area contributed by atoms with Crippen LogP contribution in [0, 0.1) is 0 Å². The molecule has 0 bridgehead atoms. The number of hydrogen-bond acceptors (Lipinski definition) is 7. The van der Waals surface area contributed by atoms with Crippen molar-refractivity contribution in [3.63, 3.8) is 0 Å². The molecule has 4 rings (SSSR count). The van der Waals surface area contributed by atoms with E-state index in [1.165, 1.54) is 29.9 Å². The first-order valence-electron chi connectivity index (χ1n) is 9.83. The van der Waals surface area contributed by atoms with E-state index in [9.17, 15) is 14.4 Å². The van der Waals surface area contributed by atoms with E-state index in [0.717, 1.165) is 5.56 Å². The van der Waals surface area contributed by atoms with Crippen molar-refractivity contribution >= 4 is 29.4 Å². The Morgan fingerprint density at radius 2 is 1.78 bits per heavy atom. The average Bonchev–Trinajstić information content (AvgIpc) is 3.07. The Morgan fingerprint density at radius 3 is 2.41 bits per heavy atom. The number of carbonyl (C=O) groups is 2. The molecule has 0 saturated heterocycles. The molecule has 8 heteroatoms. The third-order valence-corrected chi connectivity index (χ3v) is 5.96. The molecule has 0 unspecified atom stereocenters. The number of fused-ring (bicyclic) bond motifs is 1. The zero-order valence-electron chi connectivity index (χ0n) is 17.7. The van der Waals surface area contributed by atoms with Crippen LogP contribution in [0.4, 0.5) is 0 Å². The number of ether oxygens (including phenoxy) is 2. The second kappa shape index (κ2) is 8.76. The molecule has 2 aromatic carbocycles. The minimum Gasteiger partial charge on any atom is -0.466 e. The molecule has 0 fully saturated rings. The van der Waals surface area contributed by atoms with Gasteiger partial charge in [0.05, 0.1) is 29.0 Å². The Morgan fingerprint density at radius 1 is 1.09 bits per heavy atom. The summed E-state index contributed by atoms with van der Waals surface area (Å²) >= 11 is 1.26. The Labute approximate surface area is 187 Å². The van der Waals surface area contributed by atoms with Gasteiger partial charge in [0.25, 0.3) is 5.56 Å². The summed E-state index contributed by atoms with van der Waals surface area (Å²) in [5.74, 6) is -0.617. The van der Waals surface area contributed by atoms with Crippen LogP contribution < -0.4 is 19.6 Å². The van der Waals surface area contributed by atoms with Gasteiger partial charge in [-0.2, -0.15) is 0 Å². The summed E-state index contributed by atoms with van der Waals surface area (Å²) in [5.41, 5.74) is 2.08. The largest absolute Gasteiger partial charge is 0.466 e. The van der Waals surface area contributed by atoms with Crippen molar-refractivity contribution in [3.8, 4) is 5.75 Å². The number of esters is 2. The van der Waals surface area contributed by atoms with E-state index in [0.29, 0.717) is 26.3 Å². The van der Waals surface area contributed by atoms with Crippen molar-refractivity contribution in [1.82, 2.24) is 4.57 Å². The first-order chi connectivity index (χ1) is 15.4. The maximum atomic E-state index is 13.4. The van der Waals surface area contributed by atoms with E-state index in [2.05, 4.69) is 4.99 Å². The number of thiazole rings is 1. The van der Waals surface area contributed by atoms with Gasteiger partial charge in [-0.1, -0.05) is 53.8 Å². The first kappa shape index (κ1) is 21.5. The van der Waals surface area contributed by atoms with Crippen molar-refractivity contribution in [3.05, 3.63) is 96.7 Å². The standard InChI is InChI=1S/C24H20N2O5S/c1-14-20(23(29)30-3)21(17-9-11-18(12-10-17)31-15(2)27)26-22(28)19(32-24(26)25-14)13-16-7-5-4-6-8-16/h4-13,21H,1-3H3/b19-13-/t21-/m1/s1. The summed E-state index contributed by atoms with van der Waals surface area (Å²) in [5, 5.41) is 0. The van der Waals surface area contributed by atoms with Crippen LogP contribution in [0.25, 0.3) is 6.08 Å². The van der Waals surface area contributed by atoms with E-state index < -0.39 is 18.0 Å². The molecule has 0 spiro atoms. The highest BCUT2D eigenvalue weighted by molar-refractivity contribution is 7.07. The van der Waals surface area contributed by atoms with Crippen LogP contribution in [0.1, 0.15) is 31.0 Å². The third kappa shape index (κ3) is 4.04. The Bertz CT molecular complexity index is 1400. The van der Waals surface area contributed by atoms with Crippen molar-refractivity contribution in [1.29, 1.82) is 0 Å². The van der Waals surface area contributed by atoms with Crippen LogP contribution in [-0.4, -0.2) is 23.6 Å². The lowest BCUT2D eigenvalue weighted by atomic mass is 9.96. The number of hydrogen-bond donors (Lipinski definition) is 0. The Kier molecular flexibility index (Phi) is 5.87. The first-order valence-corrected chi connectivity index (χ1v) is 10.6. The minimum absolute atomic E-state index is 0.249. The summed E-state index contributed by atoms with van der Waals surface area (Å²) in [6, 6.07) is 15.5. The van der Waals surface area contributed by atoms with Crippen LogP contribution >= 0.6 is 11.3 Å². The van der Waals surface area contributed by atoms with E-state index in [4.69, 9.17) is 9.47 Å². The lowest BCUT2D eigenvalue weighted by Gasteiger charge is -2.24. The Hall–Kier alpha value is -3.78. The number of benzene rings is 2. The van der Waals surface area contributed by atoms with Gasteiger partial charge in [-0.3, -0.25) is 14.2 Å². The molecule has 1 aliphatic rings. The molecule has 2 heterocycles. The maximum absolute atomic E-state index is 13.4. The molecule has 0 N–H and O–H groups in total. The molecule has 32 heavy (non-hydrogen) atoms. The van der Waals surface area contributed by atoms with Gasteiger partial charge in [0.1, 0.15) is 5.75 Å². The zero-order chi connectivity index (χ0) is 22.8. The van der Waals surface area contributed by atoms with Gasteiger partial charge in [0.2, 0.25) is 0 Å². The van der Waals surface area contributed by atoms with Crippen molar-refractivity contribution in [2.24, 2.45) is 4.99 Å². The second-order valence-corrected chi connectivity index (χ2v) is 8.16. The summed E-state index contributed by atoms with van der Waals surface area (Å²) in [6.07, 6.45) is 1.81. The molecule has 7 nitrogen and oxygen atoms in total. The molecular weight excluding hydrogens is 428 g/mol. The van der Waals surface area contributed by atoms with E-state index in [1.807, 2.05) is 36.4 Å². The summed E-state index contributed by atoms with van der Waals surface area (Å²) in [4.78, 5) is 42.3. The number of allylic oxidation sites excluding steroid dienone is 1. The molecule has 162 valence electrons. The molecule has 1 atom stereocenters. The fraction of sp³-hybridized carbons (Fsp3) is 0.167. The van der Waals surface area contributed by atoms with Crippen LogP contribution in [0.5, 0.6) is 5.75 Å². The minimum atomic E-state index is -0.719. The highest BCUT2D eigenvalue weighted by atomic mass is 32.1. The maximum Gasteiger partial charge on any atom is 0.338 e. The van der Waals surface area contributed by atoms with Crippen LogP contribution in [0.3, 0.4) is 0 Å². The van der Waals surface area contributed by atoms with Crippen molar-refractivity contribution in [2.75, 3.05) is 7.11 Å². The normalized spacial score (nSPS) is 15.7. The molecule has 0 aliphatic carbocycles. The van der Waals surface area contributed by atoms with Gasteiger partial charge in [-0.05, 0) is 36.3 Å². The predicted octanol–water partition coefficient (Wildman–Crippen LogP) is 2.33. The zero-order valence-corrected chi connectivity index (χ0v) is 18.5. The summed E-state index contributed by atoms with van der Waals surface area (Å²) in [7, 11) is 1.30. The van der Waals surface area contributed by atoms with E-state index >= 15 is 0 Å². The van der Waals surface area contributed by atoms with Gasteiger partial charge in [0, 0.05) is 6.92 Å². The van der Waals surface area contributed by atoms with Gasteiger partial charge < -0.3 is 9.47 Å². The molecular formula is C24H20N2O5S. The molecule has 3 aromatic rings. The Balaban J connectivity index is 1.91. The van der Waals surface area contributed by atoms with E-state index in [-0.39, 0.29) is 11.1 Å². The average molecular weight is 449 g/mol. The van der Waals surface area contributed by atoms with Crippen LogP contribution in [-0.2, 0) is 14.3 Å². The van der Waals surface area contributed by atoms with Crippen molar-refractivity contribution in [2.45, 2.75) is 19.9 Å². The summed E-state index contributed by atoms with van der Waals surface area (Å²) < 4.78 is 12.1. The second-order valence-electron chi connectivity index (χ2n) is 7.15. The monoisotopic (exact) mass is 448 g/mol. The molecule has 1 aliphatic heterocycles. The fourth-order valence-corrected chi connectivity index (χ4v) is 4.64. The smallest absolute Gasteiger partial charge is 0.338 e. The third-order valence-electron chi connectivity index (χ3n) is 4.98. The van der Waals surface area contributed by atoms with Gasteiger partial charge in [-0.15, -0.1) is 0 Å². The lowest BCUT2D eigenvalue weighted by Crippen LogP contribution is -2.39. The molecule has 0 saturated carbocycles. The van der Waals surface area contributed by atoms with E-state index in [1.54, 1.807) is 31.2 Å². The SMILES string of the molecule is COC(=O)C1=C(C)N=c2s/c(=C\c3ccccc3)c(=O)n2[C@@H]1c1ccc(OC(C)=O)cc1. The predicted molar refractivity (Wildman–Crippen MR) is 120 cm³/mol. The lowest BCUT2D eigenvalue weighted by molar-refractivity contribution is -0.136. The molecule has 0 radical (unpaired) electrons. The number of aromatic nitrogens is 1. The molecule has 0 amide bonds. The van der Waals surface area contributed by atoms with Gasteiger partial charge in [-0.25, -0.2) is 9.79 Å². The number of methoxy groups -OCH3 is 1. The quantitative estimate of drug-likeness (QED) is 0.452. The number of carbonyl (C=O) groups excluding carboxylic acids is 2. The van der Waals surface area contributed by atoms with Crippen molar-refractivity contribution < 1.29 is 19.1 Å². The summed E-state index contributed by atoms with van der Waals surface area (Å²) in [6.45, 7) is 3.04. The topological polar surface area (TPSA) is 87.0 Å². The highest BCUT2D eigenvalue weighted by Crippen LogP contribution is 2.31. The number of nitrogens with zero attached hydrogens (tertiary/aromatic N) is 2. The molecule has 1 aromatic heterocycles. The van der Waals surface area contributed by atoms with Gasteiger partial charge in [0.15, 0.2) is 4.80 Å². The van der Waals surface area contributed by atoms with Crippen LogP contribution in [0.2, 0.25) is 0 Å². The van der Waals surface area contributed by atoms with Gasteiger partial charge >= 0.3 is 11.9 Å².